The number of nitrogens with zero attached hydrogens (tertiary/aromatic N) is 5. The van der Waals surface area contributed by atoms with Crippen LogP contribution in [0.2, 0.25) is 0 Å². The van der Waals surface area contributed by atoms with Crippen LogP contribution in [0.3, 0.4) is 0 Å². The van der Waals surface area contributed by atoms with E-state index in [1.807, 2.05) is 0 Å². The number of anilines is 1. The number of benzene rings is 1. The minimum atomic E-state index is -1.87. The normalized spacial score (nSPS) is 11.8. The number of hydrogen-bond acceptors (Lipinski definition) is 12. The van der Waals surface area contributed by atoms with Crippen LogP contribution in [0, 0.1) is 0 Å². The second-order valence-corrected chi connectivity index (χ2v) is 8.38. The van der Waals surface area contributed by atoms with Gasteiger partial charge in [0.2, 0.25) is 11.0 Å². The van der Waals surface area contributed by atoms with E-state index in [1.54, 1.807) is 0 Å². The van der Waals surface area contributed by atoms with Gasteiger partial charge in [-0.05, 0) is 18.2 Å². The summed E-state index contributed by atoms with van der Waals surface area (Å²) in [4.78, 5) is 23.3. The zero-order valence-corrected chi connectivity index (χ0v) is 17.2. The van der Waals surface area contributed by atoms with Gasteiger partial charge < -0.3 is 31.3 Å². The molecule has 0 aliphatic rings. The Balaban J connectivity index is 1.64. The number of carbonyl (C=O) groups excluding carboxylic acids is 1. The summed E-state index contributed by atoms with van der Waals surface area (Å²) in [5.41, 5.74) is 5.86. The van der Waals surface area contributed by atoms with Gasteiger partial charge in [-0.1, -0.05) is 28.3 Å². The first-order chi connectivity index (χ1) is 14.7. The number of aromatic hydroxyl groups is 1. The van der Waals surface area contributed by atoms with Crippen LogP contribution in [0.25, 0.3) is 11.3 Å². The Labute approximate surface area is 183 Å². The standard InChI is InChI=1S/C15H16BN7O6S2/c17-14-20-21-15(31-14)30-6-12(25)18-11(16(28)29)5-23-4-9(19-22-23)7-1-2-10(24)8(3-7)13(26)27/h1-4,11,24,28-29H,5-6H2,(H2,17,20)(H,18,25)(H,26,27). The SMILES string of the molecule is Nc1nnc(SCC(=O)NC(Cn2cc(-c3ccc(O)c(C(=O)O)c3)nn2)B(O)O)s1. The molecule has 1 aromatic carbocycles. The molecule has 1 atom stereocenters. The van der Waals surface area contributed by atoms with Crippen LogP contribution in [0.5, 0.6) is 5.75 Å². The van der Waals surface area contributed by atoms with Crippen LogP contribution < -0.4 is 11.1 Å². The molecule has 2 aromatic heterocycles. The van der Waals surface area contributed by atoms with Gasteiger partial charge in [-0.3, -0.25) is 9.48 Å². The molecule has 0 aliphatic heterocycles. The van der Waals surface area contributed by atoms with E-state index < -0.39 is 24.9 Å². The van der Waals surface area contributed by atoms with E-state index in [4.69, 9.17) is 10.8 Å². The van der Waals surface area contributed by atoms with Crippen molar-refractivity contribution in [3.8, 4) is 17.0 Å². The topological polar surface area (TPSA) is 210 Å². The Kier molecular flexibility index (Phi) is 7.06. The van der Waals surface area contributed by atoms with E-state index in [0.29, 0.717) is 15.6 Å². The minimum Gasteiger partial charge on any atom is -0.507 e. The number of carbonyl (C=O) groups is 2. The molecule has 1 unspecified atom stereocenters. The molecule has 1 amide bonds. The molecule has 162 valence electrons. The van der Waals surface area contributed by atoms with Gasteiger partial charge in [-0.15, -0.1) is 15.3 Å². The van der Waals surface area contributed by atoms with Crippen molar-refractivity contribution in [2.24, 2.45) is 0 Å². The lowest BCUT2D eigenvalue weighted by atomic mass is 9.79. The van der Waals surface area contributed by atoms with Crippen molar-refractivity contribution in [1.82, 2.24) is 30.5 Å². The van der Waals surface area contributed by atoms with Crippen molar-refractivity contribution in [2.45, 2.75) is 16.8 Å². The molecule has 7 N–H and O–H groups in total. The monoisotopic (exact) mass is 465 g/mol. The predicted molar refractivity (Wildman–Crippen MR) is 111 cm³/mol. The summed E-state index contributed by atoms with van der Waals surface area (Å²) in [5, 5.41) is 55.9. The lowest BCUT2D eigenvalue weighted by Gasteiger charge is -2.17. The number of nitrogens with one attached hydrogen (secondary N) is 1. The van der Waals surface area contributed by atoms with Crippen LogP contribution in [-0.2, 0) is 11.3 Å². The van der Waals surface area contributed by atoms with E-state index in [-0.39, 0.29) is 28.7 Å². The van der Waals surface area contributed by atoms with Crippen molar-refractivity contribution in [2.75, 3.05) is 11.5 Å². The first-order valence-electron chi connectivity index (χ1n) is 8.57. The average molecular weight is 465 g/mol. The number of nitrogens with two attached hydrogens (primary N) is 1. The van der Waals surface area contributed by atoms with E-state index in [9.17, 15) is 24.7 Å². The van der Waals surface area contributed by atoms with E-state index >= 15 is 0 Å². The maximum Gasteiger partial charge on any atom is 0.477 e. The van der Waals surface area contributed by atoms with Crippen LogP contribution >= 0.6 is 23.1 Å². The molecule has 0 spiro atoms. The fourth-order valence-corrected chi connectivity index (χ4v) is 3.90. The highest BCUT2D eigenvalue weighted by atomic mass is 32.2. The van der Waals surface area contributed by atoms with Gasteiger partial charge >= 0.3 is 13.1 Å². The van der Waals surface area contributed by atoms with E-state index in [1.165, 1.54) is 29.1 Å². The highest BCUT2D eigenvalue weighted by molar-refractivity contribution is 8.01. The lowest BCUT2D eigenvalue weighted by Crippen LogP contribution is -2.49. The predicted octanol–water partition coefficient (Wildman–Crippen LogP) is -0.928. The Morgan fingerprint density at radius 1 is 1.29 bits per heavy atom. The van der Waals surface area contributed by atoms with Gasteiger partial charge in [0.05, 0.1) is 24.4 Å². The van der Waals surface area contributed by atoms with E-state index in [2.05, 4.69) is 25.8 Å². The third-order valence-electron chi connectivity index (χ3n) is 3.90. The number of hydrogen-bond donors (Lipinski definition) is 6. The van der Waals surface area contributed by atoms with Gasteiger partial charge in [-0.25, -0.2) is 4.79 Å². The van der Waals surface area contributed by atoms with Gasteiger partial charge in [0.25, 0.3) is 0 Å². The molecular weight excluding hydrogens is 449 g/mol. The molecule has 0 aliphatic carbocycles. The van der Waals surface area contributed by atoms with Crippen molar-refractivity contribution in [3.63, 3.8) is 0 Å². The van der Waals surface area contributed by atoms with Crippen molar-refractivity contribution < 1.29 is 29.9 Å². The highest BCUT2D eigenvalue weighted by Crippen LogP contribution is 2.25. The third kappa shape index (κ3) is 5.91. The summed E-state index contributed by atoms with van der Waals surface area (Å²) in [7, 11) is -1.87. The number of aromatic nitrogens is 5. The first kappa shape index (κ1) is 22.5. The number of amides is 1. The minimum absolute atomic E-state index is 0.0358. The molecule has 3 rings (SSSR count). The largest absolute Gasteiger partial charge is 0.507 e. The Bertz CT molecular complexity index is 1090. The number of rotatable bonds is 9. The van der Waals surface area contributed by atoms with Crippen LogP contribution in [0.1, 0.15) is 10.4 Å². The highest BCUT2D eigenvalue weighted by Gasteiger charge is 2.26. The summed E-state index contributed by atoms with van der Waals surface area (Å²) < 4.78 is 1.77. The Morgan fingerprint density at radius 2 is 2.06 bits per heavy atom. The molecule has 0 radical (unpaired) electrons. The van der Waals surface area contributed by atoms with Crippen molar-refractivity contribution in [1.29, 1.82) is 0 Å². The summed E-state index contributed by atoms with van der Waals surface area (Å²) in [6.07, 6.45) is 1.44. The molecule has 13 nitrogen and oxygen atoms in total. The fraction of sp³-hybridized carbons (Fsp3) is 0.200. The average Bonchev–Trinajstić information content (AvgIpc) is 3.35. The number of aromatic carboxylic acids is 1. The smallest absolute Gasteiger partial charge is 0.477 e. The molecule has 31 heavy (non-hydrogen) atoms. The van der Waals surface area contributed by atoms with E-state index in [0.717, 1.165) is 23.1 Å². The summed E-state index contributed by atoms with van der Waals surface area (Å²) >= 11 is 2.23. The number of carboxylic acid groups (broad SMARTS) is 1. The second-order valence-electron chi connectivity index (χ2n) is 6.15. The van der Waals surface area contributed by atoms with Gasteiger partial charge in [-0.2, -0.15) is 0 Å². The molecule has 3 aromatic rings. The quantitative estimate of drug-likeness (QED) is 0.167. The Morgan fingerprint density at radius 3 is 2.71 bits per heavy atom. The summed E-state index contributed by atoms with van der Waals surface area (Å²) in [6, 6.07) is 3.93. The van der Waals surface area contributed by atoms with Gasteiger partial charge in [0.15, 0.2) is 4.34 Å². The van der Waals surface area contributed by atoms with Crippen molar-refractivity contribution >= 4 is 47.2 Å². The zero-order chi connectivity index (χ0) is 22.5. The van der Waals surface area contributed by atoms with Crippen molar-refractivity contribution in [3.05, 3.63) is 30.0 Å². The van der Waals surface area contributed by atoms with Crippen LogP contribution in [-0.4, -0.2) is 76.1 Å². The maximum atomic E-state index is 12.1. The zero-order valence-electron chi connectivity index (χ0n) is 15.6. The second kappa shape index (κ2) is 9.74. The molecule has 0 fully saturated rings. The van der Waals surface area contributed by atoms with Gasteiger partial charge in [0, 0.05) is 5.56 Å². The molecule has 0 saturated heterocycles. The molecule has 2 heterocycles. The number of phenols is 1. The first-order valence-corrected chi connectivity index (χ1v) is 10.4. The Hall–Kier alpha value is -3.21. The lowest BCUT2D eigenvalue weighted by molar-refractivity contribution is -0.119. The number of nitrogen functional groups attached to an aromatic ring is 1. The third-order valence-corrected chi connectivity index (χ3v) is 5.79. The molecule has 16 heteroatoms. The van der Waals surface area contributed by atoms with Gasteiger partial charge in [0.1, 0.15) is 17.0 Å². The summed E-state index contributed by atoms with van der Waals surface area (Å²) in [6.45, 7) is -0.114. The molecular formula is C15H16BN7O6S2. The number of carboxylic acids is 1. The van der Waals surface area contributed by atoms with Crippen LogP contribution in [0.4, 0.5) is 5.13 Å². The maximum absolute atomic E-state index is 12.1. The fourth-order valence-electron chi connectivity index (χ4n) is 2.46. The molecule has 0 saturated carbocycles. The summed E-state index contributed by atoms with van der Waals surface area (Å²) in [5.74, 6) is -3.28. The van der Waals surface area contributed by atoms with Crippen LogP contribution in [0.15, 0.2) is 28.7 Å². The number of thioether (sulfide) groups is 1. The molecule has 0 bridgehead atoms.